The lowest BCUT2D eigenvalue weighted by atomic mass is 10.1. The Hall–Kier alpha value is -3.26. The van der Waals surface area contributed by atoms with Crippen LogP contribution in [0.2, 0.25) is 0 Å². The summed E-state index contributed by atoms with van der Waals surface area (Å²) in [6, 6.07) is 7.86. The van der Waals surface area contributed by atoms with Gasteiger partial charge in [-0.3, -0.25) is 14.6 Å². The highest BCUT2D eigenvalue weighted by atomic mass is 19.1. The summed E-state index contributed by atoms with van der Waals surface area (Å²) in [5.74, 6) is -1.53. The fourth-order valence-electron chi connectivity index (χ4n) is 3.47. The lowest BCUT2D eigenvalue weighted by Crippen LogP contribution is -2.36. The van der Waals surface area contributed by atoms with E-state index >= 15 is 0 Å². The number of nitrogens with one attached hydrogen (secondary N) is 1. The van der Waals surface area contributed by atoms with Gasteiger partial charge in [0, 0.05) is 18.8 Å². The molecule has 3 aromatic rings. The van der Waals surface area contributed by atoms with Crippen LogP contribution in [0.25, 0.3) is 11.0 Å². The number of amides is 1. The molecule has 0 unspecified atom stereocenters. The van der Waals surface area contributed by atoms with E-state index in [0.29, 0.717) is 11.9 Å². The van der Waals surface area contributed by atoms with Crippen molar-refractivity contribution in [3.63, 3.8) is 0 Å². The fraction of sp³-hybridized carbons (Fsp3) is 0.318. The number of aliphatic hydroxyl groups excluding tert-OH is 1. The first kappa shape index (κ1) is 20.0. The van der Waals surface area contributed by atoms with E-state index in [4.69, 9.17) is 0 Å². The van der Waals surface area contributed by atoms with Crippen LogP contribution in [0.4, 0.5) is 4.39 Å². The van der Waals surface area contributed by atoms with Crippen LogP contribution in [0.1, 0.15) is 47.3 Å². The molecule has 0 saturated heterocycles. The van der Waals surface area contributed by atoms with E-state index in [1.807, 2.05) is 0 Å². The number of hydrogen-bond donors (Lipinski definition) is 3. The summed E-state index contributed by atoms with van der Waals surface area (Å²) in [5.41, 5.74) is 1.38. The van der Waals surface area contributed by atoms with Gasteiger partial charge in [-0.15, -0.1) is 0 Å². The van der Waals surface area contributed by atoms with E-state index in [9.17, 15) is 24.2 Å². The monoisotopic (exact) mass is 411 g/mol. The topological polar surface area (TPSA) is 104 Å². The van der Waals surface area contributed by atoms with Crippen molar-refractivity contribution in [3.05, 3.63) is 69.4 Å². The first-order valence-electron chi connectivity index (χ1n) is 9.82. The smallest absolute Gasteiger partial charge is 0.268 e. The molecule has 8 heteroatoms. The largest absolute Gasteiger partial charge is 0.505 e. The number of carbonyl (C=O) groups excluding carboxylic acids is 1. The van der Waals surface area contributed by atoms with Crippen molar-refractivity contribution in [3.8, 4) is 5.75 Å². The average Bonchev–Trinajstić information content (AvgIpc) is 3.53. The zero-order chi connectivity index (χ0) is 21.4. The van der Waals surface area contributed by atoms with Gasteiger partial charge in [-0.1, -0.05) is 12.1 Å². The standard InChI is InChI=1S/C22H22FN3O4/c1-12(27)10-25-21(29)18-20(28)19-17(26(22(18)30)16-6-7-16)9-14(11-24-19)8-13-2-4-15(23)5-3-13/h2-5,9,11-12,16,27-28H,6-8,10H2,1H3,(H,25,29)/t12-/m0/s1. The molecule has 1 aromatic carbocycles. The zero-order valence-electron chi connectivity index (χ0n) is 16.4. The molecule has 1 aliphatic carbocycles. The summed E-state index contributed by atoms with van der Waals surface area (Å²) in [7, 11) is 0. The number of benzene rings is 1. The van der Waals surface area contributed by atoms with Gasteiger partial charge >= 0.3 is 0 Å². The Morgan fingerprint density at radius 1 is 1.30 bits per heavy atom. The van der Waals surface area contributed by atoms with E-state index in [2.05, 4.69) is 10.3 Å². The molecule has 2 heterocycles. The minimum Gasteiger partial charge on any atom is -0.505 e. The third kappa shape index (κ3) is 3.91. The number of aliphatic hydroxyl groups is 1. The normalized spacial score (nSPS) is 14.6. The van der Waals surface area contributed by atoms with Crippen LogP contribution >= 0.6 is 0 Å². The molecule has 3 N–H and O–H groups in total. The third-order valence-corrected chi connectivity index (χ3v) is 5.10. The second-order valence-electron chi connectivity index (χ2n) is 7.70. The Bertz CT molecular complexity index is 1170. The Kier molecular flexibility index (Phi) is 5.26. The van der Waals surface area contributed by atoms with Gasteiger partial charge in [0.25, 0.3) is 11.5 Å². The van der Waals surface area contributed by atoms with E-state index in [-0.39, 0.29) is 29.5 Å². The third-order valence-electron chi connectivity index (χ3n) is 5.10. The number of carbonyl (C=O) groups is 1. The van der Waals surface area contributed by atoms with Crippen molar-refractivity contribution >= 4 is 16.9 Å². The van der Waals surface area contributed by atoms with Crippen molar-refractivity contribution in [2.24, 2.45) is 0 Å². The second kappa shape index (κ2) is 7.87. The highest BCUT2D eigenvalue weighted by molar-refractivity contribution is 6.01. The molecule has 0 radical (unpaired) electrons. The second-order valence-corrected chi connectivity index (χ2v) is 7.70. The number of aromatic nitrogens is 2. The van der Waals surface area contributed by atoms with E-state index in [1.165, 1.54) is 23.6 Å². The van der Waals surface area contributed by atoms with Gasteiger partial charge in [0.15, 0.2) is 5.75 Å². The summed E-state index contributed by atoms with van der Waals surface area (Å²) in [4.78, 5) is 29.9. The Labute approximate surface area is 171 Å². The Morgan fingerprint density at radius 3 is 2.63 bits per heavy atom. The summed E-state index contributed by atoms with van der Waals surface area (Å²) < 4.78 is 14.7. The zero-order valence-corrected chi connectivity index (χ0v) is 16.4. The van der Waals surface area contributed by atoms with Crippen molar-refractivity contribution in [1.29, 1.82) is 0 Å². The highest BCUT2D eigenvalue weighted by Crippen LogP contribution is 2.38. The summed E-state index contributed by atoms with van der Waals surface area (Å²) >= 11 is 0. The number of hydrogen-bond acceptors (Lipinski definition) is 5. The van der Waals surface area contributed by atoms with Crippen molar-refractivity contribution in [1.82, 2.24) is 14.9 Å². The summed E-state index contributed by atoms with van der Waals surface area (Å²) in [6.45, 7) is 1.47. The first-order valence-corrected chi connectivity index (χ1v) is 9.82. The van der Waals surface area contributed by atoms with Crippen molar-refractivity contribution in [2.75, 3.05) is 6.54 Å². The Balaban J connectivity index is 1.79. The number of fused-ring (bicyclic) bond motifs is 1. The number of pyridine rings is 2. The van der Waals surface area contributed by atoms with Crippen LogP contribution in [0.3, 0.4) is 0 Å². The van der Waals surface area contributed by atoms with E-state index < -0.39 is 23.3 Å². The molecule has 1 atom stereocenters. The molecule has 4 rings (SSSR count). The van der Waals surface area contributed by atoms with Gasteiger partial charge in [-0.25, -0.2) is 4.39 Å². The SMILES string of the molecule is C[C@H](O)CNC(=O)c1c(O)c2ncc(Cc3ccc(F)cc3)cc2n(C2CC2)c1=O. The number of aromatic hydroxyl groups is 1. The lowest BCUT2D eigenvalue weighted by molar-refractivity contribution is 0.0919. The number of rotatable bonds is 6. The van der Waals surface area contributed by atoms with Gasteiger partial charge < -0.3 is 20.1 Å². The van der Waals surface area contributed by atoms with Gasteiger partial charge in [0.1, 0.15) is 16.9 Å². The predicted molar refractivity (Wildman–Crippen MR) is 109 cm³/mol. The summed E-state index contributed by atoms with van der Waals surface area (Å²) in [5, 5.41) is 22.5. The maximum atomic E-state index is 13.1. The molecule has 0 spiro atoms. The van der Waals surface area contributed by atoms with Crippen LogP contribution < -0.4 is 10.9 Å². The molecule has 156 valence electrons. The molecule has 1 amide bonds. The van der Waals surface area contributed by atoms with Gasteiger partial charge in [-0.2, -0.15) is 0 Å². The molecule has 1 saturated carbocycles. The molecule has 1 fully saturated rings. The molecule has 2 aromatic heterocycles. The molecule has 0 bridgehead atoms. The predicted octanol–water partition coefficient (Wildman–Crippen LogP) is 2.28. The average molecular weight is 411 g/mol. The maximum Gasteiger partial charge on any atom is 0.268 e. The van der Waals surface area contributed by atoms with Crippen LogP contribution in [0, 0.1) is 5.82 Å². The van der Waals surface area contributed by atoms with Gasteiger partial charge in [0.2, 0.25) is 0 Å². The quantitative estimate of drug-likeness (QED) is 0.577. The van der Waals surface area contributed by atoms with Crippen LogP contribution in [0.5, 0.6) is 5.75 Å². The molecule has 1 aliphatic rings. The maximum absolute atomic E-state index is 13.1. The summed E-state index contributed by atoms with van der Waals surface area (Å²) in [6.07, 6.45) is 2.88. The van der Waals surface area contributed by atoms with Gasteiger partial charge in [0.05, 0.1) is 11.6 Å². The van der Waals surface area contributed by atoms with Crippen LogP contribution in [-0.2, 0) is 6.42 Å². The fourth-order valence-corrected chi connectivity index (χ4v) is 3.47. The minimum atomic E-state index is -0.783. The molecule has 30 heavy (non-hydrogen) atoms. The first-order chi connectivity index (χ1) is 14.3. The van der Waals surface area contributed by atoms with Crippen LogP contribution in [0.15, 0.2) is 41.3 Å². The Morgan fingerprint density at radius 2 is 2.00 bits per heavy atom. The van der Waals surface area contributed by atoms with E-state index in [1.54, 1.807) is 24.4 Å². The van der Waals surface area contributed by atoms with E-state index in [0.717, 1.165) is 24.0 Å². The van der Waals surface area contributed by atoms with Crippen molar-refractivity contribution < 1.29 is 19.4 Å². The van der Waals surface area contributed by atoms with Crippen molar-refractivity contribution in [2.45, 2.75) is 38.3 Å². The molecule has 0 aliphatic heterocycles. The molecular weight excluding hydrogens is 389 g/mol. The number of nitrogens with zero attached hydrogens (tertiary/aromatic N) is 2. The highest BCUT2D eigenvalue weighted by Gasteiger charge is 2.31. The van der Waals surface area contributed by atoms with Gasteiger partial charge in [-0.05, 0) is 55.5 Å². The minimum absolute atomic E-state index is 0.0385. The molecule has 7 nitrogen and oxygen atoms in total. The molecular formula is C22H22FN3O4. The van der Waals surface area contributed by atoms with Crippen LogP contribution in [-0.4, -0.2) is 38.3 Å². The lowest BCUT2D eigenvalue weighted by Gasteiger charge is -2.15. The number of halogens is 1.